The minimum atomic E-state index is -3.76. The van der Waals surface area contributed by atoms with Gasteiger partial charge in [-0.25, -0.2) is 17.5 Å². The van der Waals surface area contributed by atoms with E-state index in [1.54, 1.807) is 0 Å². The van der Waals surface area contributed by atoms with Gasteiger partial charge in [-0.1, -0.05) is 31.4 Å². The number of sulfonamides is 1. The fourth-order valence-corrected chi connectivity index (χ4v) is 4.28. The monoisotopic (exact) mass is 334 g/mol. The molecule has 0 aromatic heterocycles. The second-order valence-corrected chi connectivity index (χ2v) is 7.76. The lowest BCUT2D eigenvalue weighted by atomic mass is 9.88. The first-order chi connectivity index (χ1) is 9.83. The van der Waals surface area contributed by atoms with E-state index in [0.717, 1.165) is 31.7 Å². The maximum Gasteiger partial charge on any atom is 0.240 e. The van der Waals surface area contributed by atoms with Crippen molar-refractivity contribution >= 4 is 21.6 Å². The molecule has 0 amide bonds. The van der Waals surface area contributed by atoms with Crippen LogP contribution in [-0.4, -0.2) is 14.5 Å². The Morgan fingerprint density at radius 3 is 2.76 bits per heavy atom. The number of rotatable bonds is 4. The first-order valence-corrected chi connectivity index (χ1v) is 8.90. The Morgan fingerprint density at radius 2 is 2.14 bits per heavy atom. The highest BCUT2D eigenvalue weighted by Crippen LogP contribution is 2.27. The SMILES string of the molecule is CC1CCCC(NS(=O)(=O)c2cc(F)c(Cl)c(CN)c2)C1. The lowest BCUT2D eigenvalue weighted by Gasteiger charge is -2.27. The van der Waals surface area contributed by atoms with Crippen molar-refractivity contribution in [3.63, 3.8) is 0 Å². The van der Waals surface area contributed by atoms with Crippen LogP contribution in [0.5, 0.6) is 0 Å². The van der Waals surface area contributed by atoms with Gasteiger partial charge in [-0.2, -0.15) is 0 Å². The Balaban J connectivity index is 2.25. The van der Waals surface area contributed by atoms with Crippen molar-refractivity contribution in [3.05, 3.63) is 28.5 Å². The van der Waals surface area contributed by atoms with Crippen molar-refractivity contribution in [3.8, 4) is 0 Å². The standard InChI is InChI=1S/C14H20ClFN2O2S/c1-9-3-2-4-11(5-9)18-21(19,20)12-6-10(8-17)14(15)13(16)7-12/h6-7,9,11,18H,2-5,8,17H2,1H3. The van der Waals surface area contributed by atoms with Crippen LogP contribution in [0, 0.1) is 11.7 Å². The number of hydrogen-bond donors (Lipinski definition) is 2. The van der Waals surface area contributed by atoms with Gasteiger partial charge in [0.25, 0.3) is 0 Å². The lowest BCUT2D eigenvalue weighted by Crippen LogP contribution is -2.38. The molecule has 1 aliphatic rings. The van der Waals surface area contributed by atoms with E-state index in [1.807, 2.05) is 0 Å². The van der Waals surface area contributed by atoms with Crippen LogP contribution in [0.3, 0.4) is 0 Å². The van der Waals surface area contributed by atoms with Gasteiger partial charge in [-0.05, 0) is 36.5 Å². The van der Waals surface area contributed by atoms with E-state index in [4.69, 9.17) is 17.3 Å². The molecule has 1 saturated carbocycles. The smallest absolute Gasteiger partial charge is 0.240 e. The van der Waals surface area contributed by atoms with Gasteiger partial charge in [-0.15, -0.1) is 0 Å². The maximum absolute atomic E-state index is 13.7. The zero-order chi connectivity index (χ0) is 15.6. The van der Waals surface area contributed by atoms with Crippen molar-refractivity contribution in [1.29, 1.82) is 0 Å². The molecule has 0 spiro atoms. The lowest BCUT2D eigenvalue weighted by molar-refractivity contribution is 0.327. The van der Waals surface area contributed by atoms with Gasteiger partial charge >= 0.3 is 0 Å². The molecule has 7 heteroatoms. The van der Waals surface area contributed by atoms with Crippen molar-refractivity contribution < 1.29 is 12.8 Å². The number of hydrogen-bond acceptors (Lipinski definition) is 3. The molecule has 1 aliphatic carbocycles. The highest BCUT2D eigenvalue weighted by atomic mass is 35.5. The van der Waals surface area contributed by atoms with E-state index in [-0.39, 0.29) is 28.1 Å². The summed E-state index contributed by atoms with van der Waals surface area (Å²) < 4.78 is 41.1. The van der Waals surface area contributed by atoms with Crippen molar-refractivity contribution in [2.75, 3.05) is 0 Å². The van der Waals surface area contributed by atoms with Crippen LogP contribution in [0.2, 0.25) is 5.02 Å². The average Bonchev–Trinajstić information content (AvgIpc) is 2.41. The second kappa shape index (κ2) is 6.60. The van der Waals surface area contributed by atoms with E-state index >= 15 is 0 Å². The van der Waals surface area contributed by atoms with E-state index in [0.29, 0.717) is 5.92 Å². The van der Waals surface area contributed by atoms with E-state index in [1.165, 1.54) is 6.07 Å². The fourth-order valence-electron chi connectivity index (χ4n) is 2.75. The van der Waals surface area contributed by atoms with Crippen molar-refractivity contribution in [2.45, 2.75) is 50.1 Å². The minimum Gasteiger partial charge on any atom is -0.326 e. The Kier molecular flexibility index (Phi) is 5.24. The first kappa shape index (κ1) is 16.7. The normalized spacial score (nSPS) is 23.2. The highest BCUT2D eigenvalue weighted by Gasteiger charge is 2.25. The Bertz CT molecular complexity index is 622. The van der Waals surface area contributed by atoms with E-state index < -0.39 is 15.8 Å². The molecule has 0 bridgehead atoms. The van der Waals surface area contributed by atoms with Crippen molar-refractivity contribution in [2.24, 2.45) is 11.7 Å². The summed E-state index contributed by atoms with van der Waals surface area (Å²) in [5, 5.41) is -0.122. The third-order valence-corrected chi connectivity index (χ3v) is 5.79. The molecule has 0 radical (unpaired) electrons. The number of nitrogens with one attached hydrogen (secondary N) is 1. The number of halogens is 2. The van der Waals surface area contributed by atoms with Crippen LogP contribution < -0.4 is 10.5 Å². The molecule has 1 aromatic carbocycles. The van der Waals surface area contributed by atoms with Gasteiger partial charge in [0.1, 0.15) is 5.82 Å². The van der Waals surface area contributed by atoms with Crippen LogP contribution in [0.1, 0.15) is 38.2 Å². The first-order valence-electron chi connectivity index (χ1n) is 7.04. The van der Waals surface area contributed by atoms with Gasteiger partial charge in [0.15, 0.2) is 0 Å². The van der Waals surface area contributed by atoms with E-state index in [9.17, 15) is 12.8 Å². The van der Waals surface area contributed by atoms with Crippen LogP contribution >= 0.6 is 11.6 Å². The van der Waals surface area contributed by atoms with Crippen molar-refractivity contribution in [1.82, 2.24) is 4.72 Å². The fraction of sp³-hybridized carbons (Fsp3) is 0.571. The number of benzene rings is 1. The average molecular weight is 335 g/mol. The summed E-state index contributed by atoms with van der Waals surface area (Å²) in [4.78, 5) is -0.122. The van der Waals surface area contributed by atoms with Crippen LogP contribution in [0.25, 0.3) is 0 Å². The summed E-state index contributed by atoms with van der Waals surface area (Å²) in [7, 11) is -3.76. The number of nitrogens with two attached hydrogens (primary N) is 1. The summed E-state index contributed by atoms with van der Waals surface area (Å²) in [6, 6.07) is 2.18. The van der Waals surface area contributed by atoms with Gasteiger partial charge in [0.2, 0.25) is 10.0 Å². The van der Waals surface area contributed by atoms with Gasteiger partial charge in [0.05, 0.1) is 9.92 Å². The predicted octanol–water partition coefficient (Wildman–Crippen LogP) is 2.79. The third-order valence-electron chi connectivity index (χ3n) is 3.87. The Morgan fingerprint density at radius 1 is 1.43 bits per heavy atom. The Hall–Kier alpha value is -0.690. The Labute approximate surface area is 129 Å². The quantitative estimate of drug-likeness (QED) is 0.889. The summed E-state index contributed by atoms with van der Waals surface area (Å²) in [6.45, 7) is 2.09. The predicted molar refractivity (Wildman–Crippen MR) is 81.0 cm³/mol. The van der Waals surface area contributed by atoms with Gasteiger partial charge in [-0.3, -0.25) is 0 Å². The minimum absolute atomic E-state index is 0.0143. The molecule has 1 aromatic rings. The summed E-state index contributed by atoms with van der Waals surface area (Å²) in [6.07, 6.45) is 3.73. The summed E-state index contributed by atoms with van der Waals surface area (Å²) in [5.41, 5.74) is 5.75. The topological polar surface area (TPSA) is 72.2 Å². The molecular weight excluding hydrogens is 315 g/mol. The zero-order valence-corrected chi connectivity index (χ0v) is 13.5. The molecule has 21 heavy (non-hydrogen) atoms. The summed E-state index contributed by atoms with van der Waals surface area (Å²) in [5.74, 6) is -0.273. The molecule has 118 valence electrons. The third kappa shape index (κ3) is 3.94. The summed E-state index contributed by atoms with van der Waals surface area (Å²) >= 11 is 5.76. The zero-order valence-electron chi connectivity index (χ0n) is 11.9. The molecular formula is C14H20ClFN2O2S. The molecule has 3 N–H and O–H groups in total. The highest BCUT2D eigenvalue weighted by molar-refractivity contribution is 7.89. The largest absolute Gasteiger partial charge is 0.326 e. The second-order valence-electron chi connectivity index (χ2n) is 5.67. The van der Waals surface area contributed by atoms with Crippen LogP contribution in [0.4, 0.5) is 4.39 Å². The van der Waals surface area contributed by atoms with E-state index in [2.05, 4.69) is 11.6 Å². The molecule has 1 fully saturated rings. The van der Waals surface area contributed by atoms with Gasteiger partial charge < -0.3 is 5.73 Å². The molecule has 2 atom stereocenters. The molecule has 4 nitrogen and oxygen atoms in total. The maximum atomic E-state index is 13.7. The van der Waals surface area contributed by atoms with Gasteiger partial charge in [0, 0.05) is 12.6 Å². The molecule has 0 saturated heterocycles. The molecule has 2 rings (SSSR count). The molecule has 0 heterocycles. The molecule has 0 aliphatic heterocycles. The molecule has 2 unspecified atom stereocenters. The van der Waals surface area contributed by atoms with Crippen LogP contribution in [0.15, 0.2) is 17.0 Å². The van der Waals surface area contributed by atoms with Crippen LogP contribution in [-0.2, 0) is 16.6 Å².